The molecular formula is C19H24F2IN3O2. The molecular weight excluding hydrogens is 467 g/mol. The number of aliphatic imine (C=N–C) groups is 1. The second-order valence-electron chi connectivity index (χ2n) is 5.43. The Labute approximate surface area is 175 Å². The first-order valence-electron chi connectivity index (χ1n) is 8.38. The van der Waals surface area contributed by atoms with Gasteiger partial charge in [-0.3, -0.25) is 0 Å². The minimum atomic E-state index is -2.95. The minimum Gasteiger partial charge on any atom is -0.490 e. The second kappa shape index (κ2) is 11.6. The maximum Gasteiger partial charge on any atom is 0.387 e. The van der Waals surface area contributed by atoms with Gasteiger partial charge in [0.15, 0.2) is 17.5 Å². The smallest absolute Gasteiger partial charge is 0.387 e. The van der Waals surface area contributed by atoms with Gasteiger partial charge in [-0.1, -0.05) is 31.2 Å². The van der Waals surface area contributed by atoms with Crippen LogP contribution in [-0.2, 0) is 13.0 Å². The van der Waals surface area contributed by atoms with E-state index < -0.39 is 6.61 Å². The molecule has 2 aromatic rings. The summed E-state index contributed by atoms with van der Waals surface area (Å²) in [6, 6.07) is 12.7. The van der Waals surface area contributed by atoms with Gasteiger partial charge < -0.3 is 20.5 Å². The highest BCUT2D eigenvalue weighted by Gasteiger charge is 2.15. The van der Waals surface area contributed by atoms with Gasteiger partial charge in [0.25, 0.3) is 0 Å². The summed E-state index contributed by atoms with van der Waals surface area (Å²) in [5.74, 6) is 0.412. The fourth-order valence-electron chi connectivity index (χ4n) is 2.36. The molecule has 27 heavy (non-hydrogen) atoms. The van der Waals surface area contributed by atoms with Crippen LogP contribution < -0.4 is 20.5 Å². The number of hydrogen-bond acceptors (Lipinski definition) is 3. The molecule has 0 amide bonds. The number of halogens is 3. The Balaban J connectivity index is 0.00000364. The van der Waals surface area contributed by atoms with Crippen molar-refractivity contribution in [2.75, 3.05) is 11.9 Å². The molecule has 0 fully saturated rings. The predicted molar refractivity (Wildman–Crippen MR) is 114 cm³/mol. The third-order valence-electron chi connectivity index (χ3n) is 3.62. The van der Waals surface area contributed by atoms with Crippen molar-refractivity contribution >= 4 is 35.6 Å². The van der Waals surface area contributed by atoms with Crippen molar-refractivity contribution in [3.8, 4) is 11.5 Å². The highest BCUT2D eigenvalue weighted by Crippen LogP contribution is 2.33. The summed E-state index contributed by atoms with van der Waals surface area (Å²) < 4.78 is 35.4. The molecule has 8 heteroatoms. The molecule has 0 aromatic heterocycles. The van der Waals surface area contributed by atoms with Crippen LogP contribution in [0, 0.1) is 0 Å². The summed E-state index contributed by atoms with van der Waals surface area (Å²) in [6.07, 6.45) is 0.951. The van der Waals surface area contributed by atoms with Crippen molar-refractivity contribution < 1.29 is 18.3 Å². The number of anilines is 1. The Kier molecular flexibility index (Phi) is 9.84. The van der Waals surface area contributed by atoms with E-state index in [4.69, 9.17) is 10.5 Å². The van der Waals surface area contributed by atoms with Crippen LogP contribution in [0.4, 0.5) is 14.5 Å². The summed E-state index contributed by atoms with van der Waals surface area (Å²) in [7, 11) is 0. The highest BCUT2D eigenvalue weighted by molar-refractivity contribution is 14.0. The largest absolute Gasteiger partial charge is 0.490 e. The normalized spacial score (nSPS) is 11.1. The van der Waals surface area contributed by atoms with E-state index in [1.54, 1.807) is 25.1 Å². The average Bonchev–Trinajstić information content (AvgIpc) is 2.62. The second-order valence-corrected chi connectivity index (χ2v) is 5.43. The first-order valence-corrected chi connectivity index (χ1v) is 8.38. The maximum atomic E-state index is 12.7. The monoisotopic (exact) mass is 491 g/mol. The first-order chi connectivity index (χ1) is 12.5. The van der Waals surface area contributed by atoms with Crippen LogP contribution in [0.2, 0.25) is 0 Å². The molecule has 0 aliphatic rings. The SMILES string of the molecule is CCOc1cccc(CN=C(N)Nc2ccc(CC)cc2)c1OC(F)F.I. The van der Waals surface area contributed by atoms with Gasteiger partial charge in [-0.25, -0.2) is 4.99 Å². The van der Waals surface area contributed by atoms with Gasteiger partial charge in [-0.15, -0.1) is 24.0 Å². The average molecular weight is 491 g/mol. The Morgan fingerprint density at radius 3 is 2.44 bits per heavy atom. The van der Waals surface area contributed by atoms with Crippen LogP contribution >= 0.6 is 24.0 Å². The van der Waals surface area contributed by atoms with E-state index in [9.17, 15) is 8.78 Å². The Hall–Kier alpha value is -2.10. The van der Waals surface area contributed by atoms with Crippen molar-refractivity contribution in [1.29, 1.82) is 0 Å². The first kappa shape index (κ1) is 22.9. The Bertz CT molecular complexity index is 740. The van der Waals surface area contributed by atoms with Crippen molar-refractivity contribution in [3.05, 3.63) is 53.6 Å². The van der Waals surface area contributed by atoms with Crippen LogP contribution in [0.25, 0.3) is 0 Å². The molecule has 0 saturated heterocycles. The van der Waals surface area contributed by atoms with Gasteiger partial charge in [0.05, 0.1) is 13.2 Å². The number of para-hydroxylation sites is 1. The molecule has 0 heterocycles. The number of nitrogens with zero attached hydrogens (tertiary/aromatic N) is 1. The van der Waals surface area contributed by atoms with Gasteiger partial charge >= 0.3 is 6.61 Å². The molecule has 0 bridgehead atoms. The van der Waals surface area contributed by atoms with Gasteiger partial charge in [0.1, 0.15) is 0 Å². The zero-order chi connectivity index (χ0) is 18.9. The number of benzene rings is 2. The van der Waals surface area contributed by atoms with E-state index >= 15 is 0 Å². The quantitative estimate of drug-likeness (QED) is 0.317. The molecule has 2 rings (SSSR count). The van der Waals surface area contributed by atoms with Crippen molar-refractivity contribution in [3.63, 3.8) is 0 Å². The van der Waals surface area contributed by atoms with Crippen LogP contribution in [0.1, 0.15) is 25.0 Å². The van der Waals surface area contributed by atoms with E-state index in [1.165, 1.54) is 5.56 Å². The van der Waals surface area contributed by atoms with Crippen molar-refractivity contribution in [2.24, 2.45) is 10.7 Å². The number of alkyl halides is 2. The van der Waals surface area contributed by atoms with Gasteiger partial charge in [0, 0.05) is 11.3 Å². The number of nitrogens with two attached hydrogens (primary N) is 1. The third-order valence-corrected chi connectivity index (χ3v) is 3.62. The number of guanidine groups is 1. The third kappa shape index (κ3) is 7.20. The Morgan fingerprint density at radius 1 is 1.15 bits per heavy atom. The number of hydrogen-bond donors (Lipinski definition) is 2. The predicted octanol–water partition coefficient (Wildman–Crippen LogP) is 4.79. The van der Waals surface area contributed by atoms with Crippen LogP contribution in [-0.4, -0.2) is 19.2 Å². The number of aryl methyl sites for hydroxylation is 1. The fraction of sp³-hybridized carbons (Fsp3) is 0.316. The van der Waals surface area contributed by atoms with Crippen LogP contribution in [0.15, 0.2) is 47.5 Å². The van der Waals surface area contributed by atoms with Crippen LogP contribution in [0.5, 0.6) is 11.5 Å². The molecule has 5 nitrogen and oxygen atoms in total. The standard InChI is InChI=1S/C19H23F2N3O2.HI/c1-3-13-8-10-15(11-9-13)24-19(22)23-12-14-6-5-7-16(25-4-2)17(14)26-18(20)21;/h5-11,18H,3-4,12H2,1-2H3,(H3,22,23,24);1H. The minimum absolute atomic E-state index is 0. The van der Waals surface area contributed by atoms with Gasteiger partial charge in [0.2, 0.25) is 0 Å². The van der Waals surface area contributed by atoms with Gasteiger partial charge in [-0.2, -0.15) is 8.78 Å². The molecule has 0 aliphatic carbocycles. The topological polar surface area (TPSA) is 68.9 Å². The van der Waals surface area contributed by atoms with E-state index in [0.717, 1.165) is 12.1 Å². The van der Waals surface area contributed by atoms with E-state index in [0.29, 0.717) is 12.2 Å². The lowest BCUT2D eigenvalue weighted by molar-refractivity contribution is -0.0520. The number of ether oxygens (including phenoxy) is 2. The molecule has 2 aromatic carbocycles. The number of rotatable bonds is 8. The van der Waals surface area contributed by atoms with Crippen molar-refractivity contribution in [2.45, 2.75) is 33.4 Å². The molecule has 0 unspecified atom stereocenters. The zero-order valence-corrected chi connectivity index (χ0v) is 17.6. The molecule has 0 saturated carbocycles. The molecule has 148 valence electrons. The summed E-state index contributed by atoms with van der Waals surface area (Å²) >= 11 is 0. The summed E-state index contributed by atoms with van der Waals surface area (Å²) in [5, 5.41) is 2.97. The van der Waals surface area contributed by atoms with E-state index in [2.05, 4.69) is 22.0 Å². The molecule has 0 radical (unpaired) electrons. The molecule has 0 atom stereocenters. The number of nitrogens with one attached hydrogen (secondary N) is 1. The maximum absolute atomic E-state index is 12.7. The molecule has 0 spiro atoms. The lowest BCUT2D eigenvalue weighted by Gasteiger charge is -2.14. The van der Waals surface area contributed by atoms with Gasteiger partial charge in [-0.05, 0) is 37.1 Å². The highest BCUT2D eigenvalue weighted by atomic mass is 127. The zero-order valence-electron chi connectivity index (χ0n) is 15.2. The summed E-state index contributed by atoms with van der Waals surface area (Å²) in [6.45, 7) is 1.31. The van der Waals surface area contributed by atoms with Crippen molar-refractivity contribution in [1.82, 2.24) is 0 Å². The Morgan fingerprint density at radius 2 is 1.85 bits per heavy atom. The molecule has 3 N–H and O–H groups in total. The van der Waals surface area contributed by atoms with E-state index in [1.807, 2.05) is 24.3 Å². The molecule has 0 aliphatic heterocycles. The van der Waals surface area contributed by atoms with E-state index in [-0.39, 0.29) is 48.0 Å². The lowest BCUT2D eigenvalue weighted by Crippen LogP contribution is -2.22. The summed E-state index contributed by atoms with van der Waals surface area (Å²) in [5.41, 5.74) is 8.37. The summed E-state index contributed by atoms with van der Waals surface area (Å²) in [4.78, 5) is 4.20. The fourth-order valence-corrected chi connectivity index (χ4v) is 2.36. The lowest BCUT2D eigenvalue weighted by atomic mass is 10.1. The van der Waals surface area contributed by atoms with Crippen LogP contribution in [0.3, 0.4) is 0 Å².